The summed E-state index contributed by atoms with van der Waals surface area (Å²) < 4.78 is 6.58. The van der Waals surface area contributed by atoms with Gasteiger partial charge in [-0.25, -0.2) is 4.98 Å². The number of amides is 1. The number of ether oxygens (including phenoxy) is 1. The summed E-state index contributed by atoms with van der Waals surface area (Å²) in [6.45, 7) is 1.77. The fraction of sp³-hybridized carbons (Fsp3) is 0.375. The van der Waals surface area contributed by atoms with Crippen LogP contribution in [0.5, 0.6) is 0 Å². The van der Waals surface area contributed by atoms with E-state index in [1.165, 1.54) is 0 Å². The van der Waals surface area contributed by atoms with Crippen LogP contribution in [0.1, 0.15) is 49.1 Å². The Morgan fingerprint density at radius 2 is 1.87 bits per heavy atom. The number of carbonyl (C=O) groups is 2. The van der Waals surface area contributed by atoms with Crippen LogP contribution in [-0.4, -0.2) is 23.5 Å². The average Bonchev–Trinajstić information content (AvgIpc) is 3.22. The van der Waals surface area contributed by atoms with Crippen molar-refractivity contribution in [1.82, 2.24) is 4.98 Å². The minimum atomic E-state index is -0.309. The molecule has 1 aliphatic carbocycles. The van der Waals surface area contributed by atoms with Crippen LogP contribution in [0, 0.1) is 5.92 Å². The number of rotatable bonds is 6. The summed E-state index contributed by atoms with van der Waals surface area (Å²) in [5.41, 5.74) is 2.80. The lowest BCUT2D eigenvalue weighted by Crippen LogP contribution is -2.30. The molecule has 1 fully saturated rings. The number of para-hydroxylation sites is 2. The Kier molecular flexibility index (Phi) is 6.43. The number of anilines is 1. The third kappa shape index (κ3) is 4.54. The molecule has 0 saturated heterocycles. The van der Waals surface area contributed by atoms with Crippen LogP contribution in [0.2, 0.25) is 0 Å². The molecular weight excluding hydrogens is 396 g/mol. The van der Waals surface area contributed by atoms with E-state index in [1.54, 1.807) is 11.3 Å². The molecule has 30 heavy (non-hydrogen) atoms. The van der Waals surface area contributed by atoms with Gasteiger partial charge in [-0.1, -0.05) is 50.1 Å². The van der Waals surface area contributed by atoms with Crippen molar-refractivity contribution >= 4 is 39.1 Å². The summed E-state index contributed by atoms with van der Waals surface area (Å²) in [5, 5.41) is 3.85. The van der Waals surface area contributed by atoms with E-state index >= 15 is 0 Å². The Hall–Kier alpha value is -2.73. The van der Waals surface area contributed by atoms with Crippen molar-refractivity contribution in [3.05, 3.63) is 59.1 Å². The highest BCUT2D eigenvalue weighted by Gasteiger charge is 2.35. The van der Waals surface area contributed by atoms with Crippen LogP contribution in [0.25, 0.3) is 10.2 Å². The lowest BCUT2D eigenvalue weighted by molar-refractivity contribution is -0.153. The van der Waals surface area contributed by atoms with Gasteiger partial charge in [-0.3, -0.25) is 9.59 Å². The number of carbonyl (C=O) groups excluding carboxylic acids is 2. The number of nitrogens with one attached hydrogen (secondary N) is 1. The van der Waals surface area contributed by atoms with Crippen LogP contribution >= 0.6 is 11.3 Å². The zero-order valence-corrected chi connectivity index (χ0v) is 17.9. The fourth-order valence-corrected chi connectivity index (χ4v) is 5.31. The summed E-state index contributed by atoms with van der Waals surface area (Å²) in [6.07, 6.45) is 4.60. The Balaban J connectivity index is 1.40. The first-order valence-electron chi connectivity index (χ1n) is 10.6. The number of benzene rings is 2. The van der Waals surface area contributed by atoms with Gasteiger partial charge in [0.1, 0.15) is 0 Å². The first-order chi connectivity index (χ1) is 14.7. The highest BCUT2D eigenvalue weighted by molar-refractivity contribution is 7.18. The van der Waals surface area contributed by atoms with E-state index in [0.29, 0.717) is 0 Å². The van der Waals surface area contributed by atoms with E-state index in [-0.39, 0.29) is 30.3 Å². The molecule has 3 aromatic rings. The number of aromatic nitrogens is 1. The zero-order chi connectivity index (χ0) is 20.9. The number of thiazole rings is 1. The van der Waals surface area contributed by atoms with Crippen molar-refractivity contribution in [2.75, 3.05) is 11.9 Å². The summed E-state index contributed by atoms with van der Waals surface area (Å²) in [7, 11) is 0. The monoisotopic (exact) mass is 422 g/mol. The maximum Gasteiger partial charge on any atom is 0.310 e. The molecule has 1 aliphatic rings. The molecule has 0 spiro atoms. The SMILES string of the molecule is CCc1ccccc1NC(=O)COC(=O)C1CCCCC1c1nc2ccccc2s1. The third-order valence-electron chi connectivity index (χ3n) is 5.71. The Labute approximate surface area is 180 Å². The van der Waals surface area contributed by atoms with E-state index in [2.05, 4.69) is 11.4 Å². The van der Waals surface area contributed by atoms with Gasteiger partial charge in [-0.05, 0) is 43.0 Å². The molecule has 2 atom stereocenters. The molecule has 0 radical (unpaired) electrons. The summed E-state index contributed by atoms with van der Waals surface area (Å²) in [4.78, 5) is 30.0. The van der Waals surface area contributed by atoms with Gasteiger partial charge in [-0.2, -0.15) is 0 Å². The molecule has 6 heteroatoms. The molecule has 1 saturated carbocycles. The first-order valence-corrected chi connectivity index (χ1v) is 11.4. The second-order valence-electron chi connectivity index (χ2n) is 7.68. The molecule has 1 N–H and O–H groups in total. The van der Waals surface area contributed by atoms with Gasteiger partial charge >= 0.3 is 5.97 Å². The third-order valence-corrected chi connectivity index (χ3v) is 6.88. The van der Waals surface area contributed by atoms with Gasteiger partial charge in [0.15, 0.2) is 6.61 Å². The van der Waals surface area contributed by atoms with E-state index < -0.39 is 0 Å². The van der Waals surface area contributed by atoms with Crippen molar-refractivity contribution in [2.45, 2.75) is 44.9 Å². The standard InChI is InChI=1S/C24H26N2O3S/c1-2-16-9-3-6-12-19(16)25-22(27)15-29-24(28)18-11-5-4-10-17(18)23-26-20-13-7-8-14-21(20)30-23/h3,6-9,12-14,17-18H,2,4-5,10-11,15H2,1H3,(H,25,27). The van der Waals surface area contributed by atoms with E-state index in [9.17, 15) is 9.59 Å². The summed E-state index contributed by atoms with van der Waals surface area (Å²) >= 11 is 1.66. The molecule has 156 valence electrons. The zero-order valence-electron chi connectivity index (χ0n) is 17.1. The van der Waals surface area contributed by atoms with Crippen molar-refractivity contribution in [1.29, 1.82) is 0 Å². The number of aryl methyl sites for hydroxylation is 1. The molecule has 5 nitrogen and oxygen atoms in total. The molecule has 2 aromatic carbocycles. The molecule has 1 aromatic heterocycles. The number of nitrogens with zero attached hydrogens (tertiary/aromatic N) is 1. The quantitative estimate of drug-likeness (QED) is 0.546. The van der Waals surface area contributed by atoms with Gasteiger partial charge in [-0.15, -0.1) is 11.3 Å². The van der Waals surface area contributed by atoms with Crippen LogP contribution in [-0.2, 0) is 20.7 Å². The maximum atomic E-state index is 12.9. The van der Waals surface area contributed by atoms with Crippen molar-refractivity contribution in [2.24, 2.45) is 5.92 Å². The molecule has 1 heterocycles. The molecule has 1 amide bonds. The van der Waals surface area contributed by atoms with Crippen molar-refractivity contribution < 1.29 is 14.3 Å². The van der Waals surface area contributed by atoms with Crippen molar-refractivity contribution in [3.8, 4) is 0 Å². The Morgan fingerprint density at radius 1 is 1.10 bits per heavy atom. The largest absolute Gasteiger partial charge is 0.455 e. The van der Waals surface area contributed by atoms with Gasteiger partial charge < -0.3 is 10.1 Å². The molecule has 0 bridgehead atoms. The van der Waals surface area contributed by atoms with Crippen LogP contribution in [0.15, 0.2) is 48.5 Å². The summed E-state index contributed by atoms with van der Waals surface area (Å²) in [6, 6.07) is 15.7. The van der Waals surface area contributed by atoms with Crippen LogP contribution in [0.3, 0.4) is 0 Å². The van der Waals surface area contributed by atoms with Gasteiger partial charge in [0.05, 0.1) is 21.1 Å². The average molecular weight is 423 g/mol. The number of hydrogen-bond donors (Lipinski definition) is 1. The second-order valence-corrected chi connectivity index (χ2v) is 8.75. The molecule has 4 rings (SSSR count). The van der Waals surface area contributed by atoms with Crippen LogP contribution < -0.4 is 5.32 Å². The highest BCUT2D eigenvalue weighted by atomic mass is 32.1. The van der Waals surface area contributed by atoms with Crippen molar-refractivity contribution in [3.63, 3.8) is 0 Å². The minimum Gasteiger partial charge on any atom is -0.455 e. The Bertz CT molecular complexity index is 1010. The second kappa shape index (κ2) is 9.39. The smallest absolute Gasteiger partial charge is 0.310 e. The van der Waals surface area contributed by atoms with Crippen LogP contribution in [0.4, 0.5) is 5.69 Å². The topological polar surface area (TPSA) is 68.3 Å². The number of hydrogen-bond acceptors (Lipinski definition) is 5. The Morgan fingerprint density at radius 3 is 2.70 bits per heavy atom. The van der Waals surface area contributed by atoms with E-state index in [4.69, 9.17) is 9.72 Å². The lowest BCUT2D eigenvalue weighted by Gasteiger charge is -2.28. The predicted molar refractivity (Wildman–Crippen MR) is 120 cm³/mol. The molecule has 2 unspecified atom stereocenters. The van der Waals surface area contributed by atoms with Gasteiger partial charge in [0, 0.05) is 11.6 Å². The predicted octanol–water partition coefficient (Wildman–Crippen LogP) is 5.31. The number of esters is 1. The molecule has 0 aliphatic heterocycles. The van der Waals surface area contributed by atoms with Gasteiger partial charge in [0.2, 0.25) is 0 Å². The normalized spacial score (nSPS) is 18.8. The van der Waals surface area contributed by atoms with Gasteiger partial charge in [0.25, 0.3) is 5.91 Å². The van der Waals surface area contributed by atoms with E-state index in [0.717, 1.165) is 58.6 Å². The highest BCUT2D eigenvalue weighted by Crippen LogP contribution is 2.41. The first kappa shape index (κ1) is 20.5. The maximum absolute atomic E-state index is 12.9. The lowest BCUT2D eigenvalue weighted by atomic mass is 9.79. The molecular formula is C24H26N2O3S. The van der Waals surface area contributed by atoms with E-state index in [1.807, 2.05) is 49.4 Å². The number of fused-ring (bicyclic) bond motifs is 1. The minimum absolute atomic E-state index is 0.0625. The summed E-state index contributed by atoms with van der Waals surface area (Å²) in [5.74, 6) is -0.781. The fourth-order valence-electron chi connectivity index (χ4n) is 4.14.